The Bertz CT molecular complexity index is 315. The minimum Gasteiger partial charge on any atom is -0.387 e. The molecule has 16 heavy (non-hydrogen) atoms. The van der Waals surface area contributed by atoms with Gasteiger partial charge in [0, 0.05) is 20.6 Å². The highest BCUT2D eigenvalue weighted by Gasteiger charge is 2.02. The van der Waals surface area contributed by atoms with Crippen molar-refractivity contribution in [2.75, 3.05) is 37.5 Å². The summed E-state index contributed by atoms with van der Waals surface area (Å²) in [4.78, 5) is 6.31. The minimum absolute atomic E-state index is 0.287. The van der Waals surface area contributed by atoms with Crippen molar-refractivity contribution in [2.45, 2.75) is 20.0 Å². The van der Waals surface area contributed by atoms with Crippen LogP contribution in [0.3, 0.4) is 0 Å². The van der Waals surface area contributed by atoms with Crippen molar-refractivity contribution in [3.8, 4) is 0 Å². The molecule has 0 aliphatic heterocycles. The number of pyridine rings is 1. The van der Waals surface area contributed by atoms with Crippen LogP contribution >= 0.6 is 0 Å². The van der Waals surface area contributed by atoms with Gasteiger partial charge in [-0.25, -0.2) is 0 Å². The Morgan fingerprint density at radius 3 is 2.81 bits per heavy atom. The van der Waals surface area contributed by atoms with Gasteiger partial charge in [0.1, 0.15) is 0 Å². The van der Waals surface area contributed by atoms with Gasteiger partial charge in [-0.3, -0.25) is 4.98 Å². The maximum atomic E-state index is 5.51. The molecule has 1 heterocycles. The van der Waals surface area contributed by atoms with Crippen molar-refractivity contribution in [3.05, 3.63) is 18.5 Å². The number of hydrogen-bond acceptors (Lipinski definition) is 4. The molecular formula is C12H21N3O. The predicted octanol–water partition coefficient (Wildman–Crippen LogP) is 1.98. The van der Waals surface area contributed by atoms with Gasteiger partial charge in [0.25, 0.3) is 0 Å². The molecule has 4 nitrogen and oxygen atoms in total. The van der Waals surface area contributed by atoms with Gasteiger partial charge >= 0.3 is 0 Å². The molecule has 0 saturated carbocycles. The maximum Gasteiger partial charge on any atom is 0.0644 e. The number of aromatic nitrogens is 1. The van der Waals surface area contributed by atoms with Gasteiger partial charge in [0.2, 0.25) is 0 Å². The molecule has 90 valence electrons. The molecule has 0 fully saturated rings. The third-order valence-corrected chi connectivity index (χ3v) is 2.33. The van der Waals surface area contributed by atoms with Crippen LogP contribution in [0.15, 0.2) is 18.5 Å². The van der Waals surface area contributed by atoms with Crippen LogP contribution in [0.5, 0.6) is 0 Å². The molecule has 0 aliphatic carbocycles. The molecule has 1 rings (SSSR count). The van der Waals surface area contributed by atoms with E-state index in [4.69, 9.17) is 4.74 Å². The predicted molar refractivity (Wildman–Crippen MR) is 68.1 cm³/mol. The van der Waals surface area contributed by atoms with E-state index in [1.54, 1.807) is 0 Å². The van der Waals surface area contributed by atoms with Gasteiger partial charge in [-0.2, -0.15) is 0 Å². The van der Waals surface area contributed by atoms with E-state index in [0.29, 0.717) is 0 Å². The first-order valence-corrected chi connectivity index (χ1v) is 5.59. The minimum atomic E-state index is 0.287. The first-order valence-electron chi connectivity index (χ1n) is 5.59. The lowest BCUT2D eigenvalue weighted by Crippen LogP contribution is -2.24. The Morgan fingerprint density at radius 1 is 1.44 bits per heavy atom. The summed E-state index contributed by atoms with van der Waals surface area (Å²) < 4.78 is 5.51. The molecule has 0 radical (unpaired) electrons. The topological polar surface area (TPSA) is 37.4 Å². The highest BCUT2D eigenvalue weighted by molar-refractivity contribution is 5.54. The van der Waals surface area contributed by atoms with Gasteiger partial charge in [-0.15, -0.1) is 0 Å². The summed E-state index contributed by atoms with van der Waals surface area (Å²) in [6.07, 6.45) is 3.95. The third kappa shape index (κ3) is 4.06. The Balaban J connectivity index is 2.48. The zero-order valence-corrected chi connectivity index (χ0v) is 10.5. The van der Waals surface area contributed by atoms with Crippen molar-refractivity contribution in [2.24, 2.45) is 0 Å². The van der Waals surface area contributed by atoms with Crippen LogP contribution in [0.25, 0.3) is 0 Å². The summed E-state index contributed by atoms with van der Waals surface area (Å²) in [5.74, 6) is 0. The average Bonchev–Trinajstić information content (AvgIpc) is 2.28. The standard InChI is InChI=1S/C12H21N3O/c1-10(2)16-6-5-15(4)12-7-11(13-3)8-14-9-12/h7-10,13H,5-6H2,1-4H3. The summed E-state index contributed by atoms with van der Waals surface area (Å²) in [5, 5.41) is 3.08. The van der Waals surface area contributed by atoms with Crippen molar-refractivity contribution in [1.82, 2.24) is 4.98 Å². The van der Waals surface area contributed by atoms with E-state index in [9.17, 15) is 0 Å². The van der Waals surface area contributed by atoms with E-state index >= 15 is 0 Å². The summed E-state index contributed by atoms with van der Waals surface area (Å²) >= 11 is 0. The van der Waals surface area contributed by atoms with Crippen LogP contribution in [-0.4, -0.2) is 38.3 Å². The maximum absolute atomic E-state index is 5.51. The van der Waals surface area contributed by atoms with Crippen molar-refractivity contribution in [3.63, 3.8) is 0 Å². The SMILES string of the molecule is CNc1cncc(N(C)CCOC(C)C)c1. The van der Waals surface area contributed by atoms with Crippen LogP contribution < -0.4 is 10.2 Å². The number of likely N-dealkylation sites (N-methyl/N-ethyl adjacent to an activating group) is 1. The number of ether oxygens (including phenoxy) is 1. The summed E-state index contributed by atoms with van der Waals surface area (Å²) in [6, 6.07) is 2.07. The van der Waals surface area contributed by atoms with Gasteiger partial charge in [0.05, 0.1) is 36.5 Å². The average molecular weight is 223 g/mol. The molecule has 0 saturated heterocycles. The summed E-state index contributed by atoms with van der Waals surface area (Å²) in [5.41, 5.74) is 2.12. The van der Waals surface area contributed by atoms with Gasteiger partial charge < -0.3 is 15.0 Å². The molecule has 4 heteroatoms. The third-order valence-electron chi connectivity index (χ3n) is 2.33. The molecule has 1 aromatic heterocycles. The molecule has 0 bridgehead atoms. The molecule has 1 aromatic rings. The van der Waals surface area contributed by atoms with Crippen LogP contribution in [-0.2, 0) is 4.74 Å². The smallest absolute Gasteiger partial charge is 0.0644 e. The first kappa shape index (κ1) is 12.8. The fraction of sp³-hybridized carbons (Fsp3) is 0.583. The quantitative estimate of drug-likeness (QED) is 0.800. The molecule has 0 amide bonds. The molecule has 0 aromatic carbocycles. The van der Waals surface area contributed by atoms with Crippen LogP contribution in [0.2, 0.25) is 0 Å². The second-order valence-electron chi connectivity index (χ2n) is 4.02. The molecule has 0 spiro atoms. The van der Waals surface area contributed by atoms with Crippen molar-refractivity contribution >= 4 is 11.4 Å². The lowest BCUT2D eigenvalue weighted by molar-refractivity contribution is 0.0846. The van der Waals surface area contributed by atoms with Crippen LogP contribution in [0, 0.1) is 0 Å². The highest BCUT2D eigenvalue weighted by Crippen LogP contribution is 2.15. The highest BCUT2D eigenvalue weighted by atomic mass is 16.5. The Morgan fingerprint density at radius 2 is 2.19 bits per heavy atom. The lowest BCUT2D eigenvalue weighted by atomic mass is 10.3. The Hall–Kier alpha value is -1.29. The Kier molecular flexibility index (Phi) is 5.05. The normalized spacial score (nSPS) is 10.6. The molecular weight excluding hydrogens is 202 g/mol. The molecule has 1 N–H and O–H groups in total. The number of nitrogens with zero attached hydrogens (tertiary/aromatic N) is 2. The van der Waals surface area contributed by atoms with E-state index in [-0.39, 0.29) is 6.10 Å². The van der Waals surface area contributed by atoms with E-state index in [2.05, 4.69) is 21.3 Å². The second-order valence-corrected chi connectivity index (χ2v) is 4.02. The Labute approximate surface area is 97.6 Å². The fourth-order valence-corrected chi connectivity index (χ4v) is 1.33. The number of hydrogen-bond donors (Lipinski definition) is 1. The number of anilines is 2. The molecule has 0 aliphatic rings. The summed E-state index contributed by atoms with van der Waals surface area (Å²) in [6.45, 7) is 5.69. The number of nitrogens with one attached hydrogen (secondary N) is 1. The zero-order chi connectivity index (χ0) is 12.0. The second kappa shape index (κ2) is 6.33. The largest absolute Gasteiger partial charge is 0.387 e. The fourth-order valence-electron chi connectivity index (χ4n) is 1.33. The van der Waals surface area contributed by atoms with E-state index in [1.165, 1.54) is 0 Å². The molecule has 0 atom stereocenters. The van der Waals surface area contributed by atoms with Gasteiger partial charge in [0.15, 0.2) is 0 Å². The number of rotatable bonds is 6. The van der Waals surface area contributed by atoms with Gasteiger partial charge in [-0.05, 0) is 19.9 Å². The van der Waals surface area contributed by atoms with Crippen LogP contribution in [0.1, 0.15) is 13.8 Å². The van der Waals surface area contributed by atoms with Crippen molar-refractivity contribution in [1.29, 1.82) is 0 Å². The van der Waals surface area contributed by atoms with E-state index < -0.39 is 0 Å². The zero-order valence-electron chi connectivity index (χ0n) is 10.5. The van der Waals surface area contributed by atoms with E-state index in [0.717, 1.165) is 24.5 Å². The van der Waals surface area contributed by atoms with Crippen molar-refractivity contribution < 1.29 is 4.74 Å². The van der Waals surface area contributed by atoms with Gasteiger partial charge in [-0.1, -0.05) is 0 Å². The van der Waals surface area contributed by atoms with Crippen LogP contribution in [0.4, 0.5) is 11.4 Å². The molecule has 0 unspecified atom stereocenters. The monoisotopic (exact) mass is 223 g/mol. The first-order chi connectivity index (χ1) is 7.63. The summed E-state index contributed by atoms with van der Waals surface area (Å²) in [7, 11) is 3.93. The lowest BCUT2D eigenvalue weighted by Gasteiger charge is -2.20. The van der Waals surface area contributed by atoms with E-state index in [1.807, 2.05) is 40.3 Å².